The third-order valence-electron chi connectivity index (χ3n) is 3.03. The smallest absolute Gasteiger partial charge is 0.157 e. The van der Waals surface area contributed by atoms with Crippen LogP contribution in [0.2, 0.25) is 0 Å². The van der Waals surface area contributed by atoms with Crippen LogP contribution in [0, 0.1) is 5.92 Å². The van der Waals surface area contributed by atoms with Gasteiger partial charge in [0, 0.05) is 18.4 Å². The van der Waals surface area contributed by atoms with Gasteiger partial charge in [0.05, 0.1) is 12.1 Å². The van der Waals surface area contributed by atoms with E-state index in [4.69, 9.17) is 4.74 Å². The van der Waals surface area contributed by atoms with Crippen LogP contribution in [0.3, 0.4) is 0 Å². The largest absolute Gasteiger partial charge is 0.374 e. The van der Waals surface area contributed by atoms with E-state index < -0.39 is 0 Å². The normalized spacial score (nSPS) is 25.7. The van der Waals surface area contributed by atoms with Crippen molar-refractivity contribution in [2.45, 2.75) is 44.5 Å². The van der Waals surface area contributed by atoms with Crippen LogP contribution in [0.5, 0.6) is 0 Å². The maximum atomic E-state index is 5.65. The summed E-state index contributed by atoms with van der Waals surface area (Å²) < 4.78 is 5.65. The number of amidine groups is 1. The van der Waals surface area contributed by atoms with Crippen molar-refractivity contribution in [1.29, 1.82) is 0 Å². The van der Waals surface area contributed by atoms with Gasteiger partial charge in [-0.15, -0.1) is 0 Å². The number of nitrogens with one attached hydrogen (secondary N) is 1. The van der Waals surface area contributed by atoms with Crippen LogP contribution in [0.4, 0.5) is 0 Å². The molecule has 1 unspecified atom stereocenters. The fourth-order valence-corrected chi connectivity index (χ4v) is 3.14. The lowest BCUT2D eigenvalue weighted by Crippen LogP contribution is -2.39. The van der Waals surface area contributed by atoms with E-state index in [1.807, 2.05) is 18.7 Å². The van der Waals surface area contributed by atoms with Crippen LogP contribution in [-0.4, -0.2) is 35.7 Å². The molecule has 16 heavy (non-hydrogen) atoms. The molecule has 0 aromatic rings. The van der Waals surface area contributed by atoms with Gasteiger partial charge in [-0.2, -0.15) is 0 Å². The molecule has 1 N–H and O–H groups in total. The molecule has 1 atom stereocenters. The maximum Gasteiger partial charge on any atom is 0.157 e. The van der Waals surface area contributed by atoms with Crippen molar-refractivity contribution in [1.82, 2.24) is 5.32 Å². The molecule has 3 nitrogen and oxygen atoms in total. The Hall–Kier alpha value is -0.220. The van der Waals surface area contributed by atoms with Gasteiger partial charge in [-0.05, 0) is 39.5 Å². The Labute approximate surface area is 102 Å². The molecule has 1 heterocycles. The van der Waals surface area contributed by atoms with Gasteiger partial charge < -0.3 is 10.1 Å². The van der Waals surface area contributed by atoms with E-state index in [0.29, 0.717) is 0 Å². The number of aliphatic imine (C=N–C) groups is 1. The minimum atomic E-state index is -0.102. The van der Waals surface area contributed by atoms with Crippen molar-refractivity contribution < 1.29 is 4.74 Å². The van der Waals surface area contributed by atoms with Crippen molar-refractivity contribution in [3.8, 4) is 0 Å². The fraction of sp³-hybridized carbons (Fsp3) is 0.917. The maximum absolute atomic E-state index is 5.65. The zero-order chi connectivity index (χ0) is 11.6. The lowest BCUT2D eigenvalue weighted by atomic mass is 10.1. The van der Waals surface area contributed by atoms with Gasteiger partial charge in [-0.1, -0.05) is 11.8 Å². The highest BCUT2D eigenvalue weighted by Gasteiger charge is 2.35. The number of hydrogen-bond donors (Lipinski definition) is 1. The number of ether oxygens (including phenoxy) is 1. The molecule has 2 rings (SSSR count). The summed E-state index contributed by atoms with van der Waals surface area (Å²) in [4.78, 5) is 4.55. The quantitative estimate of drug-likeness (QED) is 0.803. The highest BCUT2D eigenvalue weighted by atomic mass is 32.2. The zero-order valence-corrected chi connectivity index (χ0v) is 11.3. The van der Waals surface area contributed by atoms with Crippen LogP contribution >= 0.6 is 11.8 Å². The Kier molecular flexibility index (Phi) is 3.80. The minimum absolute atomic E-state index is 0.102. The first kappa shape index (κ1) is 12.2. The summed E-state index contributed by atoms with van der Waals surface area (Å²) >= 11 is 1.92. The van der Waals surface area contributed by atoms with E-state index in [1.54, 1.807) is 0 Å². The van der Waals surface area contributed by atoms with Crippen molar-refractivity contribution >= 4 is 16.9 Å². The number of rotatable bonds is 5. The average molecular weight is 242 g/mol. The molecule has 0 spiro atoms. The van der Waals surface area contributed by atoms with Crippen molar-refractivity contribution in [2.24, 2.45) is 10.9 Å². The van der Waals surface area contributed by atoms with Crippen LogP contribution in [0.1, 0.15) is 33.6 Å². The lowest BCUT2D eigenvalue weighted by Gasteiger charge is -2.25. The molecule has 2 aliphatic rings. The van der Waals surface area contributed by atoms with Gasteiger partial charge in [-0.25, -0.2) is 0 Å². The summed E-state index contributed by atoms with van der Waals surface area (Å²) in [6, 6.07) is 0. The van der Waals surface area contributed by atoms with E-state index in [2.05, 4.69) is 24.2 Å². The number of thioether (sulfide) groups is 1. The number of hydrogen-bond acceptors (Lipinski definition) is 4. The van der Waals surface area contributed by atoms with Crippen molar-refractivity contribution in [3.63, 3.8) is 0 Å². The van der Waals surface area contributed by atoms with Crippen LogP contribution in [0.25, 0.3) is 0 Å². The fourth-order valence-electron chi connectivity index (χ4n) is 1.93. The van der Waals surface area contributed by atoms with E-state index in [0.717, 1.165) is 36.0 Å². The summed E-state index contributed by atoms with van der Waals surface area (Å²) in [6.07, 6.45) is 2.82. The van der Waals surface area contributed by atoms with E-state index in [-0.39, 0.29) is 5.60 Å². The average Bonchev–Trinajstić information content (AvgIpc) is 2.95. The lowest BCUT2D eigenvalue weighted by molar-refractivity contribution is -0.00556. The van der Waals surface area contributed by atoms with E-state index in [9.17, 15) is 0 Å². The molecule has 0 radical (unpaired) electrons. The summed E-state index contributed by atoms with van der Waals surface area (Å²) in [6.45, 7) is 8.87. The van der Waals surface area contributed by atoms with Crippen molar-refractivity contribution in [2.75, 3.05) is 19.7 Å². The Morgan fingerprint density at radius 2 is 2.25 bits per heavy atom. The molecular weight excluding hydrogens is 220 g/mol. The summed E-state index contributed by atoms with van der Waals surface area (Å²) in [5.41, 5.74) is -0.102. The van der Waals surface area contributed by atoms with Crippen molar-refractivity contribution in [3.05, 3.63) is 0 Å². The molecule has 0 aromatic carbocycles. The molecule has 1 fully saturated rings. The SMILES string of the molecule is CCOC(C)(C)CNC1=NCC(C2CC2)S1. The van der Waals surface area contributed by atoms with Gasteiger partial charge >= 0.3 is 0 Å². The predicted molar refractivity (Wildman–Crippen MR) is 70.1 cm³/mol. The molecule has 1 aliphatic carbocycles. The van der Waals surface area contributed by atoms with Gasteiger partial charge in [0.25, 0.3) is 0 Å². The Morgan fingerprint density at radius 3 is 2.88 bits per heavy atom. The molecular formula is C12H22N2OS. The molecule has 0 amide bonds. The molecule has 1 aliphatic heterocycles. The predicted octanol–water partition coefficient (Wildman–Crippen LogP) is 2.27. The molecule has 92 valence electrons. The Bertz CT molecular complexity index is 274. The molecule has 4 heteroatoms. The second-order valence-corrected chi connectivity index (χ2v) is 6.41. The van der Waals surface area contributed by atoms with Crippen LogP contribution < -0.4 is 5.32 Å². The summed E-state index contributed by atoms with van der Waals surface area (Å²) in [5, 5.41) is 5.27. The van der Waals surface area contributed by atoms with Gasteiger partial charge in [-0.3, -0.25) is 4.99 Å². The molecule has 1 saturated carbocycles. The van der Waals surface area contributed by atoms with Crippen LogP contribution in [0.15, 0.2) is 4.99 Å². The van der Waals surface area contributed by atoms with Gasteiger partial charge in [0.15, 0.2) is 5.17 Å². The summed E-state index contributed by atoms with van der Waals surface area (Å²) in [5.74, 6) is 0.938. The van der Waals surface area contributed by atoms with E-state index in [1.165, 1.54) is 12.8 Å². The number of nitrogens with zero attached hydrogens (tertiary/aromatic N) is 1. The molecule has 0 bridgehead atoms. The minimum Gasteiger partial charge on any atom is -0.374 e. The first-order valence-electron chi connectivity index (χ1n) is 6.19. The van der Waals surface area contributed by atoms with Gasteiger partial charge in [0.2, 0.25) is 0 Å². The van der Waals surface area contributed by atoms with Crippen LogP contribution in [-0.2, 0) is 4.74 Å². The monoisotopic (exact) mass is 242 g/mol. The standard InChI is InChI=1S/C12H22N2OS/c1-4-15-12(2,3)8-14-11-13-7-10(16-11)9-5-6-9/h9-10H,4-8H2,1-3H3,(H,13,14). The Morgan fingerprint density at radius 1 is 1.50 bits per heavy atom. The van der Waals surface area contributed by atoms with Gasteiger partial charge in [0.1, 0.15) is 0 Å². The topological polar surface area (TPSA) is 33.6 Å². The molecule has 0 aromatic heterocycles. The second kappa shape index (κ2) is 4.96. The summed E-state index contributed by atoms with van der Waals surface area (Å²) in [7, 11) is 0. The first-order chi connectivity index (χ1) is 7.61. The first-order valence-corrected chi connectivity index (χ1v) is 7.07. The third-order valence-corrected chi connectivity index (χ3v) is 4.36. The third kappa shape index (κ3) is 3.39. The highest BCUT2D eigenvalue weighted by molar-refractivity contribution is 8.14. The van der Waals surface area contributed by atoms with E-state index >= 15 is 0 Å². The highest BCUT2D eigenvalue weighted by Crippen LogP contribution is 2.41. The zero-order valence-electron chi connectivity index (χ0n) is 10.5. The molecule has 0 saturated heterocycles. The second-order valence-electron chi connectivity index (χ2n) is 5.19. The Balaban J connectivity index is 1.70.